The fourth-order valence-corrected chi connectivity index (χ4v) is 5.40. The number of anilines is 2. The van der Waals surface area contributed by atoms with Crippen molar-refractivity contribution < 1.29 is 26.8 Å². The van der Waals surface area contributed by atoms with E-state index in [1.165, 1.54) is 12.3 Å². The van der Waals surface area contributed by atoms with Crippen molar-refractivity contribution in [3.05, 3.63) is 47.6 Å². The number of pyridine rings is 1. The standard InChI is InChI=1S/C23H27F2N7O4S2/c1-30(2)18-8-9-31(14-23(18,24)25)19-6-4-5-16(27-19)17-13-37-22(28-17)29-20(33)11-26-21(34)15-7-10-32(12-15)38(3,35)36/h4-7,10,12-13,18H,8-9,11,14H2,1-3H3,(H,26,34)(H,28,29,33)/t18-/m0/s1. The Morgan fingerprint density at radius 1 is 1.21 bits per heavy atom. The van der Waals surface area contributed by atoms with Crippen LogP contribution in [0.5, 0.6) is 0 Å². The van der Waals surface area contributed by atoms with Crippen LogP contribution in [-0.2, 0) is 14.8 Å². The molecule has 0 bridgehead atoms. The molecule has 0 aromatic carbocycles. The SMILES string of the molecule is CN(C)[C@H]1CCN(c2cccc(-c3csc(NC(=O)CNC(=O)c4ccn(S(C)(=O)=O)c4)n3)n2)CC1(F)F. The number of nitrogens with zero attached hydrogens (tertiary/aromatic N) is 5. The molecule has 0 spiro atoms. The van der Waals surface area contributed by atoms with Crippen molar-refractivity contribution in [2.75, 3.05) is 50.2 Å². The molecule has 0 radical (unpaired) electrons. The van der Waals surface area contributed by atoms with Crippen molar-refractivity contribution in [1.82, 2.24) is 24.2 Å². The van der Waals surface area contributed by atoms with Crippen molar-refractivity contribution in [1.29, 1.82) is 0 Å². The first-order valence-corrected chi connectivity index (χ1v) is 14.2. The number of rotatable bonds is 8. The summed E-state index contributed by atoms with van der Waals surface area (Å²) in [6.45, 7) is -0.351. The van der Waals surface area contributed by atoms with E-state index in [0.717, 1.165) is 27.8 Å². The van der Waals surface area contributed by atoms with Crippen LogP contribution in [0.2, 0.25) is 0 Å². The van der Waals surface area contributed by atoms with Crippen LogP contribution >= 0.6 is 11.3 Å². The largest absolute Gasteiger partial charge is 0.350 e. The summed E-state index contributed by atoms with van der Waals surface area (Å²) in [5, 5.41) is 6.95. The second-order valence-corrected chi connectivity index (χ2v) is 11.8. The predicted molar refractivity (Wildman–Crippen MR) is 140 cm³/mol. The van der Waals surface area contributed by atoms with Gasteiger partial charge in [-0.2, -0.15) is 0 Å². The molecule has 11 nitrogen and oxygen atoms in total. The molecule has 1 aliphatic rings. The van der Waals surface area contributed by atoms with E-state index in [9.17, 15) is 26.8 Å². The molecule has 0 saturated carbocycles. The van der Waals surface area contributed by atoms with Crippen LogP contribution in [0.1, 0.15) is 16.8 Å². The number of halogens is 2. The second kappa shape index (κ2) is 10.7. The smallest absolute Gasteiger partial charge is 0.280 e. The van der Waals surface area contributed by atoms with E-state index >= 15 is 0 Å². The van der Waals surface area contributed by atoms with E-state index in [1.54, 1.807) is 47.5 Å². The average Bonchev–Trinajstić information content (AvgIpc) is 3.52. The fourth-order valence-electron chi connectivity index (χ4n) is 4.09. The molecule has 2 amide bonds. The molecule has 0 aliphatic carbocycles. The molecule has 204 valence electrons. The number of hydrogen-bond acceptors (Lipinski definition) is 9. The zero-order valence-corrected chi connectivity index (χ0v) is 22.5. The molecule has 1 saturated heterocycles. The summed E-state index contributed by atoms with van der Waals surface area (Å²) < 4.78 is 53.2. The highest BCUT2D eigenvalue weighted by atomic mass is 32.2. The third-order valence-corrected chi connectivity index (χ3v) is 7.73. The second-order valence-electron chi connectivity index (χ2n) is 9.09. The van der Waals surface area contributed by atoms with Crippen LogP contribution in [0, 0.1) is 0 Å². The maximum absolute atomic E-state index is 14.6. The van der Waals surface area contributed by atoms with Crippen LogP contribution in [0.4, 0.5) is 19.7 Å². The first-order valence-electron chi connectivity index (χ1n) is 11.5. The Hall–Kier alpha value is -3.43. The Morgan fingerprint density at radius 2 is 1.97 bits per heavy atom. The third-order valence-electron chi connectivity index (χ3n) is 5.98. The number of nitrogens with one attached hydrogen (secondary N) is 2. The van der Waals surface area contributed by atoms with Crippen LogP contribution in [0.3, 0.4) is 0 Å². The normalized spacial score (nSPS) is 17.4. The molecule has 15 heteroatoms. The lowest BCUT2D eigenvalue weighted by atomic mass is 10.00. The van der Waals surface area contributed by atoms with E-state index in [2.05, 4.69) is 20.6 Å². The van der Waals surface area contributed by atoms with E-state index in [-0.39, 0.29) is 17.2 Å². The Kier molecular flexibility index (Phi) is 7.80. The zero-order chi connectivity index (χ0) is 27.7. The van der Waals surface area contributed by atoms with Gasteiger partial charge in [0.05, 0.1) is 36.6 Å². The summed E-state index contributed by atoms with van der Waals surface area (Å²) >= 11 is 1.15. The van der Waals surface area contributed by atoms with E-state index in [4.69, 9.17) is 0 Å². The van der Waals surface area contributed by atoms with Crippen LogP contribution < -0.4 is 15.5 Å². The lowest BCUT2D eigenvalue weighted by Crippen LogP contribution is -2.56. The summed E-state index contributed by atoms with van der Waals surface area (Å²) in [5.41, 5.74) is 1.03. The van der Waals surface area contributed by atoms with Crippen molar-refractivity contribution >= 4 is 44.1 Å². The van der Waals surface area contributed by atoms with Gasteiger partial charge in [-0.05, 0) is 38.7 Å². The average molecular weight is 568 g/mol. The van der Waals surface area contributed by atoms with E-state index < -0.39 is 40.3 Å². The fraction of sp³-hybridized carbons (Fsp3) is 0.391. The molecule has 1 atom stereocenters. The number of alkyl halides is 2. The van der Waals surface area contributed by atoms with Crippen LogP contribution in [0.25, 0.3) is 11.4 Å². The lowest BCUT2D eigenvalue weighted by molar-refractivity contribution is -0.115. The number of carbonyl (C=O) groups is 2. The number of carbonyl (C=O) groups excluding carboxylic acids is 2. The van der Waals surface area contributed by atoms with E-state index in [0.29, 0.717) is 30.2 Å². The Balaban J connectivity index is 1.35. The minimum absolute atomic E-state index is 0.0921. The van der Waals surface area contributed by atoms with Gasteiger partial charge >= 0.3 is 0 Å². The van der Waals surface area contributed by atoms with Crippen LogP contribution in [-0.4, -0.2) is 91.0 Å². The zero-order valence-electron chi connectivity index (χ0n) is 20.9. The predicted octanol–water partition coefficient (Wildman–Crippen LogP) is 1.96. The minimum Gasteiger partial charge on any atom is -0.350 e. The van der Waals surface area contributed by atoms with Gasteiger partial charge in [-0.25, -0.2) is 27.2 Å². The molecular formula is C23H27F2N7O4S2. The van der Waals surface area contributed by atoms with Gasteiger partial charge in [0.15, 0.2) is 5.13 Å². The Labute approximate surface area is 222 Å². The maximum Gasteiger partial charge on any atom is 0.280 e. The summed E-state index contributed by atoms with van der Waals surface area (Å²) in [7, 11) is -0.218. The molecular weight excluding hydrogens is 540 g/mol. The van der Waals surface area contributed by atoms with Crippen molar-refractivity contribution in [2.45, 2.75) is 18.4 Å². The van der Waals surface area contributed by atoms with Gasteiger partial charge in [0.2, 0.25) is 15.9 Å². The number of piperidine rings is 1. The van der Waals surface area contributed by atoms with Crippen molar-refractivity contribution in [3.63, 3.8) is 0 Å². The summed E-state index contributed by atoms with van der Waals surface area (Å²) in [6, 6.07) is 5.60. The highest BCUT2D eigenvalue weighted by Gasteiger charge is 2.46. The molecule has 38 heavy (non-hydrogen) atoms. The maximum atomic E-state index is 14.6. The molecule has 2 N–H and O–H groups in total. The van der Waals surface area contributed by atoms with Gasteiger partial charge in [-0.3, -0.25) is 13.6 Å². The van der Waals surface area contributed by atoms with Crippen LogP contribution in [0.15, 0.2) is 42.0 Å². The molecule has 0 unspecified atom stereocenters. The van der Waals surface area contributed by atoms with Crippen molar-refractivity contribution in [3.8, 4) is 11.4 Å². The summed E-state index contributed by atoms with van der Waals surface area (Å²) in [5.74, 6) is -3.60. The Bertz CT molecular complexity index is 1440. The lowest BCUT2D eigenvalue weighted by Gasteiger charge is -2.41. The van der Waals surface area contributed by atoms with Gasteiger partial charge in [0.1, 0.15) is 11.5 Å². The quantitative estimate of drug-likeness (QED) is 0.423. The molecule has 1 fully saturated rings. The first-order chi connectivity index (χ1) is 17.8. The third kappa shape index (κ3) is 6.34. The molecule has 1 aliphatic heterocycles. The van der Waals surface area contributed by atoms with Gasteiger partial charge in [-0.15, -0.1) is 11.3 Å². The molecule has 4 rings (SSSR count). The van der Waals surface area contributed by atoms with Gasteiger partial charge < -0.3 is 20.4 Å². The minimum atomic E-state index is -3.52. The number of thiazole rings is 1. The molecule has 3 aromatic rings. The summed E-state index contributed by atoms with van der Waals surface area (Å²) in [6.07, 6.45) is 3.70. The van der Waals surface area contributed by atoms with Crippen molar-refractivity contribution in [2.24, 2.45) is 0 Å². The van der Waals surface area contributed by atoms with E-state index in [1.807, 2.05) is 0 Å². The number of amides is 2. The van der Waals surface area contributed by atoms with Gasteiger partial charge in [-0.1, -0.05) is 6.07 Å². The highest BCUT2D eigenvalue weighted by Crippen LogP contribution is 2.33. The topological polar surface area (TPSA) is 130 Å². The first kappa shape index (κ1) is 27.6. The highest BCUT2D eigenvalue weighted by molar-refractivity contribution is 7.89. The van der Waals surface area contributed by atoms with Gasteiger partial charge in [0.25, 0.3) is 11.8 Å². The number of hydrogen-bond donors (Lipinski definition) is 2. The monoisotopic (exact) mass is 567 g/mol. The molecule has 3 aromatic heterocycles. The number of aromatic nitrogens is 3. The molecule has 4 heterocycles. The van der Waals surface area contributed by atoms with Gasteiger partial charge in [0, 0.05) is 24.3 Å². The Morgan fingerprint density at radius 3 is 2.63 bits per heavy atom. The summed E-state index contributed by atoms with van der Waals surface area (Å²) in [4.78, 5) is 36.5.